The number of Topliss-reactive ketones (excluding diaryl/α,β-unsaturated/α-hetero) is 1. The molecular formula is C14H19NO3. The molecule has 1 aromatic heterocycles. The van der Waals surface area contributed by atoms with Crippen molar-refractivity contribution < 1.29 is 14.3 Å². The molecule has 4 heteroatoms. The molecule has 0 atom stereocenters. The van der Waals surface area contributed by atoms with Crippen LogP contribution >= 0.6 is 0 Å². The Balaban J connectivity index is 2.74. The molecule has 18 heavy (non-hydrogen) atoms. The Morgan fingerprint density at radius 2 is 1.94 bits per heavy atom. The molecule has 0 fully saturated rings. The molecule has 1 aromatic rings. The van der Waals surface area contributed by atoms with Gasteiger partial charge in [-0.15, -0.1) is 0 Å². The number of aromatic nitrogens is 1. The minimum atomic E-state index is -0.498. The van der Waals surface area contributed by atoms with Gasteiger partial charge in [0.1, 0.15) is 6.42 Å². The molecule has 0 aliphatic heterocycles. The van der Waals surface area contributed by atoms with Crippen molar-refractivity contribution in [3.05, 3.63) is 29.6 Å². The minimum absolute atomic E-state index is 0.0529. The average Bonchev–Trinajstić information content (AvgIpc) is 2.28. The normalized spacial score (nSPS) is 11.1. The van der Waals surface area contributed by atoms with Crippen LogP contribution in [0.5, 0.6) is 0 Å². The van der Waals surface area contributed by atoms with E-state index < -0.39 is 5.97 Å². The van der Waals surface area contributed by atoms with Gasteiger partial charge in [0.15, 0.2) is 5.78 Å². The summed E-state index contributed by atoms with van der Waals surface area (Å²) in [6.45, 7) is 8.15. The molecule has 4 nitrogen and oxygen atoms in total. The number of esters is 1. The molecular weight excluding hydrogens is 230 g/mol. The molecule has 0 N–H and O–H groups in total. The first-order chi connectivity index (χ1) is 8.34. The molecule has 1 rings (SSSR count). The zero-order chi connectivity index (χ0) is 13.8. The lowest BCUT2D eigenvalue weighted by atomic mass is 9.91. The second-order valence-electron chi connectivity index (χ2n) is 5.09. The van der Waals surface area contributed by atoms with E-state index in [4.69, 9.17) is 4.74 Å². The second kappa shape index (κ2) is 5.76. The molecule has 0 amide bonds. The number of ketones is 1. The lowest BCUT2D eigenvalue weighted by molar-refractivity contribution is -0.141. The lowest BCUT2D eigenvalue weighted by Crippen LogP contribution is -2.15. The Morgan fingerprint density at radius 1 is 1.28 bits per heavy atom. The molecule has 1 heterocycles. The second-order valence-corrected chi connectivity index (χ2v) is 5.09. The maximum Gasteiger partial charge on any atom is 0.313 e. The molecule has 0 saturated carbocycles. The summed E-state index contributed by atoms with van der Waals surface area (Å²) in [4.78, 5) is 27.2. The number of hydrogen-bond acceptors (Lipinski definition) is 4. The number of pyridine rings is 1. The zero-order valence-electron chi connectivity index (χ0n) is 11.3. The van der Waals surface area contributed by atoms with Crippen molar-refractivity contribution in [1.29, 1.82) is 0 Å². The van der Waals surface area contributed by atoms with Crippen molar-refractivity contribution in [2.24, 2.45) is 0 Å². The number of hydrogen-bond donors (Lipinski definition) is 0. The molecule has 0 radical (unpaired) electrons. The summed E-state index contributed by atoms with van der Waals surface area (Å²) in [7, 11) is 0. The quantitative estimate of drug-likeness (QED) is 0.467. The Kier molecular flexibility index (Phi) is 4.59. The van der Waals surface area contributed by atoms with E-state index in [0.29, 0.717) is 5.56 Å². The van der Waals surface area contributed by atoms with E-state index >= 15 is 0 Å². The molecule has 0 aromatic carbocycles. The SMILES string of the molecule is CCOC(=O)CC(=O)c1ccc(C(C)(C)C)nc1. The molecule has 0 spiro atoms. The van der Waals surface area contributed by atoms with Gasteiger partial charge in [-0.2, -0.15) is 0 Å². The van der Waals surface area contributed by atoms with Gasteiger partial charge in [0.05, 0.1) is 6.61 Å². The third-order valence-electron chi connectivity index (χ3n) is 2.46. The fourth-order valence-electron chi connectivity index (χ4n) is 1.45. The standard InChI is InChI=1S/C14H19NO3/c1-5-18-13(17)8-11(16)10-6-7-12(15-9-10)14(2,3)4/h6-7,9H,5,8H2,1-4H3. The number of nitrogens with zero attached hydrogens (tertiary/aromatic N) is 1. The van der Waals surface area contributed by atoms with Crippen LogP contribution in [0.4, 0.5) is 0 Å². The van der Waals surface area contributed by atoms with E-state index in [9.17, 15) is 9.59 Å². The van der Waals surface area contributed by atoms with Crippen LogP contribution in [0.15, 0.2) is 18.3 Å². The summed E-state index contributed by atoms with van der Waals surface area (Å²) in [5.74, 6) is -0.760. The Morgan fingerprint density at radius 3 is 2.39 bits per heavy atom. The molecule has 98 valence electrons. The summed E-state index contributed by atoms with van der Waals surface area (Å²) < 4.78 is 4.73. The Bertz CT molecular complexity index is 429. The van der Waals surface area contributed by atoms with Gasteiger partial charge in [-0.3, -0.25) is 14.6 Å². The van der Waals surface area contributed by atoms with Crippen molar-refractivity contribution in [3.8, 4) is 0 Å². The van der Waals surface area contributed by atoms with Gasteiger partial charge in [0.2, 0.25) is 0 Å². The summed E-state index contributed by atoms with van der Waals surface area (Å²) in [5, 5.41) is 0. The summed E-state index contributed by atoms with van der Waals surface area (Å²) in [6.07, 6.45) is 1.28. The van der Waals surface area contributed by atoms with Crippen LogP contribution in [-0.4, -0.2) is 23.3 Å². The number of carbonyl (C=O) groups excluding carboxylic acids is 2. The summed E-state index contributed by atoms with van der Waals surface area (Å²) >= 11 is 0. The minimum Gasteiger partial charge on any atom is -0.466 e. The summed E-state index contributed by atoms with van der Waals surface area (Å²) in [5.41, 5.74) is 1.30. The third-order valence-corrected chi connectivity index (χ3v) is 2.46. The van der Waals surface area contributed by atoms with Crippen molar-refractivity contribution in [2.75, 3.05) is 6.61 Å². The van der Waals surface area contributed by atoms with Crippen LogP contribution in [0.3, 0.4) is 0 Å². The van der Waals surface area contributed by atoms with Crippen molar-refractivity contribution in [1.82, 2.24) is 4.98 Å². The van der Waals surface area contributed by atoms with E-state index in [1.165, 1.54) is 6.20 Å². The fourth-order valence-corrected chi connectivity index (χ4v) is 1.45. The molecule has 0 bridgehead atoms. The van der Waals surface area contributed by atoms with E-state index in [1.807, 2.05) is 6.07 Å². The Hall–Kier alpha value is -1.71. The van der Waals surface area contributed by atoms with Crippen LogP contribution in [-0.2, 0) is 14.9 Å². The zero-order valence-corrected chi connectivity index (χ0v) is 11.3. The highest BCUT2D eigenvalue weighted by Gasteiger charge is 2.17. The highest BCUT2D eigenvalue weighted by Crippen LogP contribution is 2.19. The highest BCUT2D eigenvalue weighted by molar-refractivity contribution is 6.05. The topological polar surface area (TPSA) is 56.3 Å². The van der Waals surface area contributed by atoms with Crippen molar-refractivity contribution in [3.63, 3.8) is 0 Å². The predicted molar refractivity (Wildman–Crippen MR) is 68.5 cm³/mol. The van der Waals surface area contributed by atoms with Gasteiger partial charge in [0.25, 0.3) is 0 Å². The van der Waals surface area contributed by atoms with Crippen LogP contribution in [0.1, 0.15) is 50.2 Å². The molecule has 0 unspecified atom stereocenters. The maximum atomic E-state index is 11.8. The monoisotopic (exact) mass is 249 g/mol. The van der Waals surface area contributed by atoms with E-state index in [0.717, 1.165) is 5.69 Å². The number of rotatable bonds is 4. The number of carbonyl (C=O) groups is 2. The van der Waals surface area contributed by atoms with Gasteiger partial charge >= 0.3 is 5.97 Å². The van der Waals surface area contributed by atoms with Crippen LogP contribution in [0.25, 0.3) is 0 Å². The van der Waals surface area contributed by atoms with Crippen molar-refractivity contribution >= 4 is 11.8 Å². The summed E-state index contributed by atoms with van der Waals surface area (Å²) in [6, 6.07) is 3.52. The largest absolute Gasteiger partial charge is 0.466 e. The van der Waals surface area contributed by atoms with Crippen LogP contribution < -0.4 is 0 Å². The predicted octanol–water partition coefficient (Wildman–Crippen LogP) is 2.52. The van der Waals surface area contributed by atoms with Gasteiger partial charge in [-0.25, -0.2) is 0 Å². The van der Waals surface area contributed by atoms with Crippen LogP contribution in [0.2, 0.25) is 0 Å². The molecule has 0 aliphatic carbocycles. The number of ether oxygens (including phenoxy) is 1. The molecule has 0 saturated heterocycles. The Labute approximate surface area is 107 Å². The van der Waals surface area contributed by atoms with E-state index in [1.54, 1.807) is 13.0 Å². The first-order valence-electron chi connectivity index (χ1n) is 6.00. The van der Waals surface area contributed by atoms with Gasteiger partial charge < -0.3 is 4.74 Å². The first kappa shape index (κ1) is 14.4. The lowest BCUT2D eigenvalue weighted by Gasteiger charge is -2.17. The van der Waals surface area contributed by atoms with E-state index in [-0.39, 0.29) is 24.2 Å². The highest BCUT2D eigenvalue weighted by atomic mass is 16.5. The van der Waals surface area contributed by atoms with Crippen LogP contribution in [0, 0.1) is 0 Å². The van der Waals surface area contributed by atoms with Gasteiger partial charge in [-0.05, 0) is 19.1 Å². The molecule has 0 aliphatic rings. The van der Waals surface area contributed by atoms with Gasteiger partial charge in [0, 0.05) is 22.9 Å². The smallest absolute Gasteiger partial charge is 0.313 e. The van der Waals surface area contributed by atoms with E-state index in [2.05, 4.69) is 25.8 Å². The average molecular weight is 249 g/mol. The maximum absolute atomic E-state index is 11.8. The van der Waals surface area contributed by atoms with Gasteiger partial charge in [-0.1, -0.05) is 20.8 Å². The third kappa shape index (κ3) is 3.95. The first-order valence-corrected chi connectivity index (χ1v) is 6.00. The fraction of sp³-hybridized carbons (Fsp3) is 0.500. The van der Waals surface area contributed by atoms with Crippen molar-refractivity contribution in [2.45, 2.75) is 39.5 Å².